The van der Waals surface area contributed by atoms with Gasteiger partial charge in [-0.1, -0.05) is 54.5 Å². The number of thioether (sulfide) groups is 1. The highest BCUT2D eigenvalue weighted by Crippen LogP contribution is 2.56. The summed E-state index contributed by atoms with van der Waals surface area (Å²) in [6.45, 7) is 7.85. The molecule has 1 unspecified atom stereocenters. The lowest BCUT2D eigenvalue weighted by atomic mass is 10.1. The number of nitrogens with zero attached hydrogens (tertiary/aromatic N) is 3. The van der Waals surface area contributed by atoms with Gasteiger partial charge in [-0.2, -0.15) is 4.08 Å². The largest absolute Gasteiger partial charge is 0.452 e. The Labute approximate surface area is 205 Å². The van der Waals surface area contributed by atoms with E-state index in [1.165, 1.54) is 28.2 Å². The smallest absolute Gasteiger partial charge is 0.446 e. The van der Waals surface area contributed by atoms with Gasteiger partial charge in [0.2, 0.25) is 0 Å². The van der Waals surface area contributed by atoms with Crippen molar-refractivity contribution in [3.8, 4) is 16.9 Å². The second-order valence-electron chi connectivity index (χ2n) is 7.08. The van der Waals surface area contributed by atoms with Gasteiger partial charge in [-0.25, -0.2) is 9.10 Å². The SMILES string of the molecule is CCP(=S)(Oc1ccc(-c2ccccc2)cc1)N(SN(C)C(=O)ON=C(C)SC)C(C)C. The quantitative estimate of drug-likeness (QED) is 0.0889. The molecule has 174 valence electrons. The fourth-order valence-electron chi connectivity index (χ4n) is 2.61. The maximum absolute atomic E-state index is 12.3. The van der Waals surface area contributed by atoms with Crippen LogP contribution in [0.3, 0.4) is 0 Å². The first-order valence-electron chi connectivity index (χ1n) is 10.2. The Balaban J connectivity index is 2.16. The average molecular weight is 512 g/mol. The van der Waals surface area contributed by atoms with Crippen molar-refractivity contribution in [2.24, 2.45) is 5.16 Å². The summed E-state index contributed by atoms with van der Waals surface area (Å²) in [5.41, 5.74) is 2.26. The topological polar surface area (TPSA) is 54.4 Å². The standard InChI is InChI=1S/C22H30N3O3PS3/c1-7-29(30,25(17(2)3)32-24(5)22(26)27-23-18(4)31-6)28-21-15-13-20(14-16-21)19-11-9-8-10-12-19/h8-17H,7H2,1-6H3. The van der Waals surface area contributed by atoms with Gasteiger partial charge in [-0.05, 0) is 62.1 Å². The predicted octanol–water partition coefficient (Wildman–Crippen LogP) is 7.10. The molecule has 0 fully saturated rings. The zero-order valence-electron chi connectivity index (χ0n) is 19.2. The molecule has 0 bridgehead atoms. The molecule has 32 heavy (non-hydrogen) atoms. The summed E-state index contributed by atoms with van der Waals surface area (Å²) in [5.74, 6) is 0.714. The van der Waals surface area contributed by atoms with Crippen LogP contribution in [0.2, 0.25) is 0 Å². The Morgan fingerprint density at radius 1 is 1.12 bits per heavy atom. The Bertz CT molecular complexity index is 956. The van der Waals surface area contributed by atoms with E-state index in [2.05, 4.69) is 17.3 Å². The molecule has 2 rings (SSSR count). The number of rotatable bonds is 9. The molecule has 0 spiro atoms. The fraction of sp³-hybridized carbons (Fsp3) is 0.364. The van der Waals surface area contributed by atoms with Crippen LogP contribution < -0.4 is 4.52 Å². The number of carbonyl (C=O) groups excluding carboxylic acids is 1. The van der Waals surface area contributed by atoms with Crippen LogP contribution in [0.15, 0.2) is 59.8 Å². The summed E-state index contributed by atoms with van der Waals surface area (Å²) in [5, 5.41) is 4.47. The minimum atomic E-state index is -2.47. The van der Waals surface area contributed by atoms with Crippen molar-refractivity contribution in [1.29, 1.82) is 0 Å². The van der Waals surface area contributed by atoms with Gasteiger partial charge in [0.05, 0.1) is 12.1 Å². The van der Waals surface area contributed by atoms with Crippen LogP contribution in [-0.4, -0.2) is 45.0 Å². The zero-order valence-corrected chi connectivity index (χ0v) is 22.6. The van der Waals surface area contributed by atoms with E-state index in [9.17, 15) is 4.79 Å². The Hall–Kier alpha value is -1.51. The Morgan fingerprint density at radius 3 is 2.25 bits per heavy atom. The van der Waals surface area contributed by atoms with Gasteiger partial charge in [-0.3, -0.25) is 4.84 Å². The molecule has 0 N–H and O–H groups in total. The number of carbonyl (C=O) groups is 1. The van der Waals surface area contributed by atoms with Crippen LogP contribution in [0, 0.1) is 0 Å². The first kappa shape index (κ1) is 26.7. The molecule has 1 amide bonds. The number of hydrogen-bond acceptors (Lipinski definition) is 7. The van der Waals surface area contributed by atoms with Gasteiger partial charge in [-0.15, -0.1) is 11.8 Å². The van der Waals surface area contributed by atoms with E-state index < -0.39 is 12.5 Å². The first-order chi connectivity index (χ1) is 15.2. The third-order valence-corrected chi connectivity index (χ3v) is 11.2. The lowest BCUT2D eigenvalue weighted by Gasteiger charge is -2.37. The van der Waals surface area contributed by atoms with Crippen molar-refractivity contribution in [3.05, 3.63) is 54.6 Å². The van der Waals surface area contributed by atoms with Crippen LogP contribution in [0.1, 0.15) is 27.7 Å². The molecular weight excluding hydrogens is 481 g/mol. The maximum atomic E-state index is 12.3. The normalized spacial score (nSPS) is 13.7. The van der Waals surface area contributed by atoms with Crippen molar-refractivity contribution < 1.29 is 14.2 Å². The molecular formula is C22H30N3O3PS3. The summed E-state index contributed by atoms with van der Waals surface area (Å²) in [4.78, 5) is 17.3. The van der Waals surface area contributed by atoms with Crippen LogP contribution >= 0.6 is 30.3 Å². The first-order valence-corrected chi connectivity index (χ1v) is 15.0. The monoisotopic (exact) mass is 511 g/mol. The molecule has 0 saturated heterocycles. The maximum Gasteiger partial charge on any atom is 0.446 e. The van der Waals surface area contributed by atoms with Gasteiger partial charge >= 0.3 is 6.09 Å². The predicted molar refractivity (Wildman–Crippen MR) is 143 cm³/mol. The van der Waals surface area contributed by atoms with Crippen LogP contribution in [0.5, 0.6) is 5.75 Å². The molecule has 0 aliphatic rings. The van der Waals surface area contributed by atoms with Crippen molar-refractivity contribution in [1.82, 2.24) is 8.38 Å². The average Bonchev–Trinajstić information content (AvgIpc) is 2.81. The van der Waals surface area contributed by atoms with E-state index in [1.54, 1.807) is 14.0 Å². The molecule has 0 saturated carbocycles. The second kappa shape index (κ2) is 12.7. The van der Waals surface area contributed by atoms with E-state index >= 15 is 0 Å². The summed E-state index contributed by atoms with van der Waals surface area (Å²) >= 11 is 8.64. The zero-order chi connectivity index (χ0) is 23.7. The van der Waals surface area contributed by atoms with E-state index in [0.717, 1.165) is 11.1 Å². The van der Waals surface area contributed by atoms with Gasteiger partial charge in [0.25, 0.3) is 0 Å². The molecule has 0 aliphatic heterocycles. The Morgan fingerprint density at radius 2 is 1.72 bits per heavy atom. The van der Waals surface area contributed by atoms with Crippen molar-refractivity contribution in [3.63, 3.8) is 0 Å². The molecule has 6 nitrogen and oxygen atoms in total. The molecule has 0 aromatic heterocycles. The van der Waals surface area contributed by atoms with E-state index in [1.807, 2.05) is 73.6 Å². The van der Waals surface area contributed by atoms with Crippen LogP contribution in [-0.2, 0) is 16.6 Å². The molecule has 2 aromatic carbocycles. The lowest BCUT2D eigenvalue weighted by Crippen LogP contribution is -2.31. The summed E-state index contributed by atoms with van der Waals surface area (Å²) in [6, 6.07) is 18.2. The third-order valence-electron chi connectivity index (χ3n) is 4.36. The summed E-state index contributed by atoms with van der Waals surface area (Å²) in [7, 11) is 1.64. The highest BCUT2D eigenvalue weighted by molar-refractivity contribution is 8.17. The number of benzene rings is 2. The molecule has 10 heteroatoms. The fourth-order valence-corrected chi connectivity index (χ4v) is 7.21. The summed E-state index contributed by atoms with van der Waals surface area (Å²) in [6.07, 6.45) is -0.536. The molecule has 0 aliphatic carbocycles. The number of hydrogen-bond donors (Lipinski definition) is 0. The second-order valence-corrected chi connectivity index (χ2v) is 13.7. The van der Waals surface area contributed by atoms with Gasteiger partial charge in [0, 0.05) is 19.3 Å². The highest BCUT2D eigenvalue weighted by Gasteiger charge is 2.33. The molecule has 1 atom stereocenters. The van der Waals surface area contributed by atoms with Crippen molar-refractivity contribution in [2.75, 3.05) is 19.5 Å². The summed E-state index contributed by atoms with van der Waals surface area (Å²) < 4.78 is 9.75. The van der Waals surface area contributed by atoms with E-state index in [0.29, 0.717) is 17.0 Å². The van der Waals surface area contributed by atoms with Crippen molar-refractivity contribution in [2.45, 2.75) is 33.7 Å². The Kier molecular flexibility index (Phi) is 10.6. The highest BCUT2D eigenvalue weighted by atomic mass is 32.5. The van der Waals surface area contributed by atoms with Crippen LogP contribution in [0.4, 0.5) is 4.79 Å². The lowest BCUT2D eigenvalue weighted by molar-refractivity contribution is 0.136. The van der Waals surface area contributed by atoms with Gasteiger partial charge < -0.3 is 4.52 Å². The number of oxime groups is 1. The minimum absolute atomic E-state index is 0.0426. The van der Waals surface area contributed by atoms with Crippen LogP contribution in [0.25, 0.3) is 11.1 Å². The molecule has 0 heterocycles. The molecule has 0 radical (unpaired) electrons. The number of amides is 1. The van der Waals surface area contributed by atoms with Crippen molar-refractivity contribution >= 4 is 53.3 Å². The minimum Gasteiger partial charge on any atom is -0.452 e. The molecule has 2 aromatic rings. The van der Waals surface area contributed by atoms with E-state index in [4.69, 9.17) is 21.2 Å². The van der Waals surface area contributed by atoms with E-state index in [-0.39, 0.29) is 6.04 Å². The third kappa shape index (κ3) is 7.52. The van der Waals surface area contributed by atoms with Gasteiger partial charge in [0.1, 0.15) is 10.8 Å². The van der Waals surface area contributed by atoms with Gasteiger partial charge in [0.15, 0.2) is 6.42 Å².